The van der Waals surface area contributed by atoms with Crippen molar-refractivity contribution in [1.29, 1.82) is 0 Å². The fourth-order valence-corrected chi connectivity index (χ4v) is 5.74. The van der Waals surface area contributed by atoms with E-state index in [0.717, 1.165) is 21.8 Å². The van der Waals surface area contributed by atoms with E-state index in [-0.39, 0.29) is 31.5 Å². The van der Waals surface area contributed by atoms with Crippen LogP contribution in [-0.4, -0.2) is 58.7 Å². The molecular weight excluding hydrogens is 466 g/mol. The molecule has 0 spiro atoms. The number of hydrogen-bond acceptors (Lipinski definition) is 5. The molecular formula is C18H16F6N4O3S. The Morgan fingerprint density at radius 2 is 1.69 bits per heavy atom. The Morgan fingerprint density at radius 1 is 1.06 bits per heavy atom. The Balaban J connectivity index is 1.64. The summed E-state index contributed by atoms with van der Waals surface area (Å²) in [5.74, 6) is -1.22. The van der Waals surface area contributed by atoms with Crippen LogP contribution >= 0.6 is 0 Å². The summed E-state index contributed by atoms with van der Waals surface area (Å²) in [7, 11) is -4.61. The Morgan fingerprint density at radius 3 is 2.22 bits per heavy atom. The molecule has 1 amide bonds. The first-order valence-electron chi connectivity index (χ1n) is 9.45. The van der Waals surface area contributed by atoms with Gasteiger partial charge in [-0.25, -0.2) is 8.42 Å². The zero-order valence-corrected chi connectivity index (χ0v) is 17.0. The van der Waals surface area contributed by atoms with Crippen LogP contribution in [0, 0.1) is 5.41 Å². The van der Waals surface area contributed by atoms with Crippen molar-refractivity contribution in [3.63, 3.8) is 0 Å². The maximum Gasteiger partial charge on any atom is 0.417 e. The van der Waals surface area contributed by atoms with Crippen molar-refractivity contribution >= 4 is 15.7 Å². The molecule has 0 bridgehead atoms. The predicted octanol–water partition coefficient (Wildman–Crippen LogP) is 3.00. The highest BCUT2D eigenvalue weighted by Crippen LogP contribution is 2.59. The second-order valence-corrected chi connectivity index (χ2v) is 9.98. The van der Waals surface area contributed by atoms with E-state index in [1.54, 1.807) is 0 Å². The highest BCUT2D eigenvalue weighted by atomic mass is 32.2. The molecule has 1 aliphatic carbocycles. The van der Waals surface area contributed by atoms with Crippen LogP contribution in [0.2, 0.25) is 0 Å². The lowest BCUT2D eigenvalue weighted by molar-refractivity contribution is -0.197. The first kappa shape index (κ1) is 22.6. The summed E-state index contributed by atoms with van der Waals surface area (Å²) >= 11 is 0. The van der Waals surface area contributed by atoms with Gasteiger partial charge in [0, 0.05) is 13.1 Å². The third kappa shape index (κ3) is 3.63. The molecule has 2 aliphatic rings. The number of likely N-dealkylation sites (tertiary alicyclic amines) is 1. The number of nitrogens with zero attached hydrogens (tertiary/aromatic N) is 4. The van der Waals surface area contributed by atoms with Crippen LogP contribution in [0.25, 0.3) is 5.69 Å². The van der Waals surface area contributed by atoms with Gasteiger partial charge in [-0.05, 0) is 37.5 Å². The summed E-state index contributed by atoms with van der Waals surface area (Å²) in [6.45, 7) is -0.879. The molecule has 1 saturated heterocycles. The van der Waals surface area contributed by atoms with Gasteiger partial charge in [-0.2, -0.15) is 41.3 Å². The molecule has 2 heterocycles. The number of rotatable bonds is 4. The fraction of sp³-hybridized carbons (Fsp3) is 0.500. The molecule has 1 unspecified atom stereocenters. The molecule has 4 rings (SSSR count). The number of hydrogen-bond donors (Lipinski definition) is 0. The monoisotopic (exact) mass is 482 g/mol. The lowest BCUT2D eigenvalue weighted by Crippen LogP contribution is -2.43. The van der Waals surface area contributed by atoms with Crippen molar-refractivity contribution in [2.45, 2.75) is 41.8 Å². The van der Waals surface area contributed by atoms with Crippen LogP contribution in [0.5, 0.6) is 0 Å². The third-order valence-corrected chi connectivity index (χ3v) is 8.03. The van der Waals surface area contributed by atoms with E-state index < -0.39 is 55.8 Å². The first-order valence-corrected chi connectivity index (χ1v) is 11.0. The number of sulfone groups is 1. The second kappa shape index (κ2) is 7.18. The van der Waals surface area contributed by atoms with Crippen LogP contribution in [0.3, 0.4) is 0 Å². The number of benzene rings is 1. The molecule has 7 nitrogen and oxygen atoms in total. The van der Waals surface area contributed by atoms with Crippen molar-refractivity contribution in [1.82, 2.24) is 19.9 Å². The minimum Gasteiger partial charge on any atom is -0.341 e. The molecule has 32 heavy (non-hydrogen) atoms. The van der Waals surface area contributed by atoms with Crippen molar-refractivity contribution in [2.24, 2.45) is 5.41 Å². The molecule has 1 aromatic heterocycles. The minimum absolute atomic E-state index is 0.120. The summed E-state index contributed by atoms with van der Waals surface area (Å²) in [6, 6.07) is 2.47. The molecule has 1 aliphatic heterocycles. The number of amides is 1. The van der Waals surface area contributed by atoms with Gasteiger partial charge in [-0.15, -0.1) is 0 Å². The summed E-state index contributed by atoms with van der Waals surface area (Å²) in [6.07, 6.45) is -8.36. The molecule has 1 saturated carbocycles. The zero-order chi connectivity index (χ0) is 23.5. The summed E-state index contributed by atoms with van der Waals surface area (Å²) in [5, 5.41) is 5.97. The van der Waals surface area contributed by atoms with Crippen LogP contribution in [-0.2, 0) is 20.8 Å². The average Bonchev–Trinajstić information content (AvgIpc) is 3.13. The van der Waals surface area contributed by atoms with Gasteiger partial charge < -0.3 is 4.90 Å². The number of alkyl halides is 6. The normalized spacial score (nSPS) is 21.1. The highest BCUT2D eigenvalue weighted by molar-refractivity contribution is 7.92. The van der Waals surface area contributed by atoms with Crippen molar-refractivity contribution in [3.05, 3.63) is 36.2 Å². The molecule has 1 aromatic carbocycles. The van der Waals surface area contributed by atoms with Gasteiger partial charge >= 0.3 is 12.4 Å². The van der Waals surface area contributed by atoms with E-state index in [2.05, 4.69) is 10.2 Å². The van der Waals surface area contributed by atoms with E-state index in [1.165, 1.54) is 12.4 Å². The Hall–Kier alpha value is -2.64. The van der Waals surface area contributed by atoms with Crippen LogP contribution in [0.1, 0.15) is 24.8 Å². The number of carbonyl (C=O) groups excluding carboxylic acids is 1. The highest BCUT2D eigenvalue weighted by Gasteiger charge is 2.69. The van der Waals surface area contributed by atoms with Crippen molar-refractivity contribution in [2.75, 3.05) is 13.1 Å². The third-order valence-electron chi connectivity index (χ3n) is 5.80. The lowest BCUT2D eigenvalue weighted by atomic mass is 10.1. The van der Waals surface area contributed by atoms with Gasteiger partial charge in [-0.1, -0.05) is 0 Å². The predicted molar refractivity (Wildman–Crippen MR) is 96.3 cm³/mol. The maximum atomic E-state index is 13.7. The summed E-state index contributed by atoms with van der Waals surface area (Å²) in [4.78, 5) is 13.1. The van der Waals surface area contributed by atoms with E-state index in [9.17, 15) is 39.6 Å². The average molecular weight is 482 g/mol. The van der Waals surface area contributed by atoms with Gasteiger partial charge in [0.25, 0.3) is 0 Å². The van der Waals surface area contributed by atoms with Gasteiger partial charge in [0.05, 0.1) is 33.8 Å². The van der Waals surface area contributed by atoms with E-state index in [1.807, 2.05) is 0 Å². The summed E-state index contributed by atoms with van der Waals surface area (Å²) < 4.78 is 107. The van der Waals surface area contributed by atoms with Crippen LogP contribution in [0.15, 0.2) is 35.5 Å². The molecule has 0 radical (unpaired) electrons. The Labute approximate surface area is 177 Å². The smallest absolute Gasteiger partial charge is 0.341 e. The number of aromatic nitrogens is 3. The van der Waals surface area contributed by atoms with Crippen molar-refractivity contribution < 1.29 is 39.6 Å². The molecule has 2 aromatic rings. The lowest BCUT2D eigenvalue weighted by Gasteiger charge is -2.25. The summed E-state index contributed by atoms with van der Waals surface area (Å²) in [5.41, 5.74) is -4.07. The van der Waals surface area contributed by atoms with E-state index >= 15 is 0 Å². The van der Waals surface area contributed by atoms with Gasteiger partial charge in [0.15, 0.2) is 9.84 Å². The van der Waals surface area contributed by atoms with Gasteiger partial charge in [-0.3, -0.25) is 4.79 Å². The van der Waals surface area contributed by atoms with Crippen LogP contribution in [0.4, 0.5) is 26.3 Å². The molecule has 2 fully saturated rings. The molecule has 14 heteroatoms. The minimum atomic E-state index is -5.03. The fourth-order valence-electron chi connectivity index (χ4n) is 3.85. The molecule has 174 valence electrons. The van der Waals surface area contributed by atoms with Gasteiger partial charge in [0.2, 0.25) is 5.91 Å². The number of carbonyl (C=O) groups is 1. The van der Waals surface area contributed by atoms with Gasteiger partial charge in [0.1, 0.15) is 5.41 Å². The van der Waals surface area contributed by atoms with E-state index in [0.29, 0.717) is 6.07 Å². The Bertz CT molecular complexity index is 1140. The quantitative estimate of drug-likeness (QED) is 0.626. The van der Waals surface area contributed by atoms with Crippen molar-refractivity contribution in [3.8, 4) is 5.69 Å². The molecule has 1 atom stereocenters. The second-order valence-electron chi connectivity index (χ2n) is 7.78. The van der Waals surface area contributed by atoms with E-state index in [4.69, 9.17) is 0 Å². The topological polar surface area (TPSA) is 85.2 Å². The first-order chi connectivity index (χ1) is 14.8. The van der Waals surface area contributed by atoms with Crippen LogP contribution < -0.4 is 0 Å². The SMILES string of the molecule is O=C(N1CCC(S(=O)(=O)c2ccc(-n3nccn3)cc2C(F)(F)F)C1)C1(C(F)(F)F)CC1. The zero-order valence-electron chi connectivity index (χ0n) is 16.2. The Kier molecular flexibility index (Phi) is 5.06. The standard InChI is InChI=1S/C18H16F6N4O3S/c19-17(20,21)13-9-11(28-25-6-7-26-28)1-2-14(13)32(30,31)12-3-8-27(10-12)15(29)16(4-5-16)18(22,23)24/h1-2,6-7,9,12H,3-5,8,10H2. The maximum absolute atomic E-state index is 13.7. The largest absolute Gasteiger partial charge is 0.417 e. The number of halogens is 6. The molecule has 0 N–H and O–H groups in total.